The zero-order valence-electron chi connectivity index (χ0n) is 13.6. The molecule has 4 heteroatoms. The number of ether oxygens (including phenoxy) is 1. The van der Waals surface area contributed by atoms with Gasteiger partial charge in [-0.15, -0.1) is 5.75 Å². The minimum absolute atomic E-state index is 0.118. The number of hydrogen-bond donors (Lipinski definition) is 0. The van der Waals surface area contributed by atoms with Crippen molar-refractivity contribution in [2.24, 2.45) is 10.8 Å². The van der Waals surface area contributed by atoms with E-state index in [1.54, 1.807) is 6.07 Å². The van der Waals surface area contributed by atoms with E-state index < -0.39 is 22.9 Å². The van der Waals surface area contributed by atoms with Crippen molar-refractivity contribution in [3.05, 3.63) is 29.8 Å². The van der Waals surface area contributed by atoms with E-state index in [0.29, 0.717) is 6.42 Å². The van der Waals surface area contributed by atoms with Crippen LogP contribution in [-0.4, -0.2) is 17.9 Å². The van der Waals surface area contributed by atoms with Crippen LogP contribution in [0.15, 0.2) is 24.3 Å². The topological polar surface area (TPSA) is 66.4 Å². The Labute approximate surface area is 131 Å². The third-order valence-corrected chi connectivity index (χ3v) is 4.39. The number of ketones is 1. The molecule has 0 amide bonds. The van der Waals surface area contributed by atoms with Crippen molar-refractivity contribution < 1.29 is 19.4 Å². The average Bonchev–Trinajstić information content (AvgIpc) is 2.79. The number of hydrogen-bond acceptors (Lipinski definition) is 4. The molecule has 0 heterocycles. The zero-order chi connectivity index (χ0) is 16.5. The van der Waals surface area contributed by atoms with Gasteiger partial charge in [0.1, 0.15) is 11.9 Å². The summed E-state index contributed by atoms with van der Waals surface area (Å²) in [5, 5.41) is 11.3. The monoisotopic (exact) mass is 303 g/mol. The second kappa shape index (κ2) is 5.75. The first kappa shape index (κ1) is 16.5. The Balaban J connectivity index is 2.18. The second-order valence-electron chi connectivity index (χ2n) is 7.31. The van der Waals surface area contributed by atoms with Crippen molar-refractivity contribution in [3.63, 3.8) is 0 Å². The van der Waals surface area contributed by atoms with Crippen LogP contribution in [0.1, 0.15) is 57.3 Å². The van der Waals surface area contributed by atoms with E-state index in [1.807, 2.05) is 27.7 Å². The van der Waals surface area contributed by atoms with Gasteiger partial charge in [0, 0.05) is 5.41 Å². The van der Waals surface area contributed by atoms with Crippen molar-refractivity contribution in [1.29, 1.82) is 0 Å². The molecular formula is C18H23O4-. The van der Waals surface area contributed by atoms with E-state index in [4.69, 9.17) is 4.74 Å². The first-order chi connectivity index (χ1) is 10.1. The van der Waals surface area contributed by atoms with E-state index >= 15 is 0 Å². The normalized spacial score (nSPS) is 25.0. The summed E-state index contributed by atoms with van der Waals surface area (Å²) < 4.78 is 5.59. The lowest BCUT2D eigenvalue weighted by atomic mass is 9.71. The van der Waals surface area contributed by atoms with Gasteiger partial charge in [-0.1, -0.05) is 39.0 Å². The van der Waals surface area contributed by atoms with Crippen LogP contribution in [0.4, 0.5) is 0 Å². The molecule has 1 saturated carbocycles. The standard InChI is InChI=1S/C18H24O4/c1-17(2,3)16(21)18(4)10-6-9-14(18)22-15(20)12-7-5-8-13(19)11-12/h5,7-8,11,14,19H,6,9-10H2,1-4H3/p-1/t14-,18+/m0/s1. The van der Waals surface area contributed by atoms with Gasteiger partial charge in [0.2, 0.25) is 0 Å². The molecule has 0 bridgehead atoms. The maximum absolute atomic E-state index is 12.7. The number of carbonyl (C=O) groups excluding carboxylic acids is 2. The molecular weight excluding hydrogens is 280 g/mol. The first-order valence-electron chi connectivity index (χ1n) is 7.67. The summed E-state index contributed by atoms with van der Waals surface area (Å²) in [6.07, 6.45) is 1.84. The fourth-order valence-corrected chi connectivity index (χ4v) is 3.26. The van der Waals surface area contributed by atoms with Gasteiger partial charge in [0.05, 0.1) is 11.0 Å². The van der Waals surface area contributed by atoms with Crippen molar-refractivity contribution in [2.45, 2.75) is 53.1 Å². The summed E-state index contributed by atoms with van der Waals surface area (Å²) in [5.74, 6) is -0.639. The van der Waals surface area contributed by atoms with Gasteiger partial charge in [0.15, 0.2) is 0 Å². The average molecular weight is 303 g/mol. The predicted octanol–water partition coefficient (Wildman–Crippen LogP) is 3.09. The quantitative estimate of drug-likeness (QED) is 0.805. The van der Waals surface area contributed by atoms with Crippen molar-refractivity contribution in [3.8, 4) is 5.75 Å². The Morgan fingerprint density at radius 1 is 1.32 bits per heavy atom. The highest BCUT2D eigenvalue weighted by Gasteiger charge is 2.50. The van der Waals surface area contributed by atoms with Crippen molar-refractivity contribution in [1.82, 2.24) is 0 Å². The van der Waals surface area contributed by atoms with E-state index in [9.17, 15) is 14.7 Å². The summed E-state index contributed by atoms with van der Waals surface area (Å²) in [6.45, 7) is 7.55. The summed E-state index contributed by atoms with van der Waals surface area (Å²) in [4.78, 5) is 25.0. The first-order valence-corrected chi connectivity index (χ1v) is 7.67. The zero-order valence-corrected chi connectivity index (χ0v) is 13.6. The Morgan fingerprint density at radius 2 is 2.00 bits per heavy atom. The van der Waals surface area contributed by atoms with Gasteiger partial charge in [0.25, 0.3) is 0 Å². The molecule has 1 aliphatic rings. The summed E-state index contributed by atoms with van der Waals surface area (Å²) >= 11 is 0. The highest BCUT2D eigenvalue weighted by molar-refractivity contribution is 5.92. The molecule has 1 aliphatic carbocycles. The van der Waals surface area contributed by atoms with Crippen LogP contribution < -0.4 is 5.11 Å². The Bertz CT molecular complexity index is 585. The number of Topliss-reactive ketones (excluding diaryl/α,β-unsaturated/α-hetero) is 1. The van der Waals surface area contributed by atoms with Gasteiger partial charge >= 0.3 is 5.97 Å². The van der Waals surface area contributed by atoms with Gasteiger partial charge in [-0.3, -0.25) is 4.79 Å². The van der Waals surface area contributed by atoms with Gasteiger partial charge in [-0.2, -0.15) is 0 Å². The molecule has 0 unspecified atom stereocenters. The molecule has 2 rings (SSSR count). The molecule has 0 N–H and O–H groups in total. The van der Waals surface area contributed by atoms with Crippen LogP contribution in [0, 0.1) is 10.8 Å². The predicted molar refractivity (Wildman–Crippen MR) is 81.5 cm³/mol. The van der Waals surface area contributed by atoms with Crippen LogP contribution in [0.5, 0.6) is 5.75 Å². The summed E-state index contributed by atoms with van der Waals surface area (Å²) in [5.41, 5.74) is -0.883. The summed E-state index contributed by atoms with van der Waals surface area (Å²) in [7, 11) is 0. The largest absolute Gasteiger partial charge is 0.872 e. The molecule has 0 aliphatic heterocycles. The minimum Gasteiger partial charge on any atom is -0.872 e. The number of benzene rings is 1. The maximum atomic E-state index is 12.7. The molecule has 0 radical (unpaired) electrons. The molecule has 1 aromatic rings. The molecule has 2 atom stereocenters. The number of rotatable bonds is 3. The molecule has 1 aromatic carbocycles. The minimum atomic E-state index is -0.650. The van der Waals surface area contributed by atoms with Crippen LogP contribution in [-0.2, 0) is 9.53 Å². The lowest BCUT2D eigenvalue weighted by Gasteiger charge is -2.35. The van der Waals surface area contributed by atoms with E-state index in [2.05, 4.69) is 0 Å². The molecule has 1 fully saturated rings. The fourth-order valence-electron chi connectivity index (χ4n) is 3.26. The SMILES string of the molecule is CC(C)(C)C(=O)[C@]1(C)CCC[C@@H]1OC(=O)c1cccc([O-])c1. The van der Waals surface area contributed by atoms with Crippen LogP contribution in [0.25, 0.3) is 0 Å². The summed E-state index contributed by atoms with van der Waals surface area (Å²) in [6, 6.07) is 5.74. The van der Waals surface area contributed by atoms with Crippen LogP contribution in [0.2, 0.25) is 0 Å². The Morgan fingerprint density at radius 3 is 2.59 bits per heavy atom. The van der Waals surface area contributed by atoms with E-state index in [-0.39, 0.29) is 17.1 Å². The Kier molecular flexibility index (Phi) is 4.32. The Hall–Kier alpha value is -1.84. The van der Waals surface area contributed by atoms with E-state index in [1.165, 1.54) is 18.2 Å². The highest BCUT2D eigenvalue weighted by atomic mass is 16.5. The van der Waals surface area contributed by atoms with Crippen molar-refractivity contribution in [2.75, 3.05) is 0 Å². The molecule has 0 spiro atoms. The number of carbonyl (C=O) groups is 2. The van der Waals surface area contributed by atoms with Gasteiger partial charge < -0.3 is 9.84 Å². The van der Waals surface area contributed by atoms with E-state index in [0.717, 1.165) is 12.8 Å². The second-order valence-corrected chi connectivity index (χ2v) is 7.31. The fraction of sp³-hybridized carbons (Fsp3) is 0.556. The van der Waals surface area contributed by atoms with Crippen LogP contribution in [0.3, 0.4) is 0 Å². The maximum Gasteiger partial charge on any atom is 0.338 e. The number of esters is 1. The molecule has 0 saturated heterocycles. The molecule has 22 heavy (non-hydrogen) atoms. The third kappa shape index (κ3) is 3.16. The molecule has 4 nitrogen and oxygen atoms in total. The van der Waals surface area contributed by atoms with Gasteiger partial charge in [-0.25, -0.2) is 4.79 Å². The smallest absolute Gasteiger partial charge is 0.338 e. The van der Waals surface area contributed by atoms with Crippen LogP contribution >= 0.6 is 0 Å². The van der Waals surface area contributed by atoms with Gasteiger partial charge in [-0.05, 0) is 32.3 Å². The highest BCUT2D eigenvalue weighted by Crippen LogP contribution is 2.45. The lowest BCUT2D eigenvalue weighted by Crippen LogP contribution is -2.44. The molecule has 0 aromatic heterocycles. The lowest BCUT2D eigenvalue weighted by molar-refractivity contribution is -0.268. The molecule has 120 valence electrons. The third-order valence-electron chi connectivity index (χ3n) is 4.39. The van der Waals surface area contributed by atoms with Crippen molar-refractivity contribution >= 4 is 11.8 Å².